The molecule has 0 aliphatic carbocycles. The van der Waals surface area contributed by atoms with E-state index >= 15 is 0 Å². The van der Waals surface area contributed by atoms with Crippen molar-refractivity contribution in [3.63, 3.8) is 0 Å². The summed E-state index contributed by atoms with van der Waals surface area (Å²) in [4.78, 5) is 17.8. The maximum Gasteiger partial charge on any atom is 0.352 e. The number of nitro groups is 1. The average molecular weight is 266 g/mol. The van der Waals surface area contributed by atoms with Gasteiger partial charge in [0.05, 0.1) is 4.92 Å². The third kappa shape index (κ3) is 2.54. The predicted molar refractivity (Wildman–Crippen MR) is 64.9 cm³/mol. The van der Waals surface area contributed by atoms with Crippen LogP contribution in [0, 0.1) is 17.0 Å². The Morgan fingerprint density at radius 2 is 1.94 bits per heavy atom. The lowest BCUT2D eigenvalue weighted by Crippen LogP contribution is -2.01. The lowest BCUT2D eigenvalue weighted by molar-refractivity contribution is -0.386. The number of hydrogen-bond acceptors (Lipinski definition) is 5. The van der Waals surface area contributed by atoms with Gasteiger partial charge < -0.3 is 4.74 Å². The average Bonchev–Trinajstić information content (AvgIpc) is 2.28. The summed E-state index contributed by atoms with van der Waals surface area (Å²) in [6, 6.07) is 8.62. The SMILES string of the molecule is Cc1nc(Cl)nc(Oc2ccccc2)c1[N+](=O)[O-]. The summed E-state index contributed by atoms with van der Waals surface area (Å²) in [6.07, 6.45) is 0. The first-order valence-electron chi connectivity index (χ1n) is 4.99. The third-order valence-electron chi connectivity index (χ3n) is 2.14. The van der Waals surface area contributed by atoms with Crippen molar-refractivity contribution in [2.75, 3.05) is 0 Å². The molecule has 1 heterocycles. The van der Waals surface area contributed by atoms with Crippen LogP contribution in [0.4, 0.5) is 5.69 Å². The molecule has 0 fully saturated rings. The summed E-state index contributed by atoms with van der Waals surface area (Å²) in [5.41, 5.74) is -0.130. The number of aromatic nitrogens is 2. The minimum atomic E-state index is -0.593. The van der Waals surface area contributed by atoms with Gasteiger partial charge in [0, 0.05) is 0 Å². The summed E-state index contributed by atoms with van der Waals surface area (Å²) in [5, 5.41) is 10.9. The summed E-state index contributed by atoms with van der Waals surface area (Å²) < 4.78 is 5.36. The van der Waals surface area contributed by atoms with Crippen LogP contribution in [0.1, 0.15) is 5.69 Å². The number of ether oxygens (including phenoxy) is 1. The fourth-order valence-electron chi connectivity index (χ4n) is 1.39. The lowest BCUT2D eigenvalue weighted by atomic mass is 10.3. The second-order valence-electron chi connectivity index (χ2n) is 3.40. The first-order valence-corrected chi connectivity index (χ1v) is 5.37. The molecule has 0 amide bonds. The first-order chi connectivity index (χ1) is 8.58. The van der Waals surface area contributed by atoms with E-state index in [1.165, 1.54) is 6.92 Å². The van der Waals surface area contributed by atoms with E-state index in [9.17, 15) is 10.1 Å². The Balaban J connectivity index is 2.46. The van der Waals surface area contributed by atoms with Crippen LogP contribution in [0.15, 0.2) is 30.3 Å². The molecule has 0 bridgehead atoms. The van der Waals surface area contributed by atoms with E-state index in [0.29, 0.717) is 5.75 Å². The zero-order valence-electron chi connectivity index (χ0n) is 9.33. The van der Waals surface area contributed by atoms with Crippen molar-refractivity contribution in [2.45, 2.75) is 6.92 Å². The van der Waals surface area contributed by atoms with Gasteiger partial charge in [-0.15, -0.1) is 0 Å². The number of hydrogen-bond donors (Lipinski definition) is 0. The molecule has 0 saturated carbocycles. The van der Waals surface area contributed by atoms with Crippen molar-refractivity contribution in [2.24, 2.45) is 0 Å². The van der Waals surface area contributed by atoms with E-state index in [0.717, 1.165) is 0 Å². The Morgan fingerprint density at radius 1 is 1.28 bits per heavy atom. The quantitative estimate of drug-likeness (QED) is 0.484. The smallest absolute Gasteiger partial charge is 0.352 e. The van der Waals surface area contributed by atoms with Crippen LogP contribution in [-0.2, 0) is 0 Å². The molecule has 0 spiro atoms. The number of aryl methyl sites for hydroxylation is 1. The molecular weight excluding hydrogens is 258 g/mol. The molecule has 0 N–H and O–H groups in total. The molecule has 0 radical (unpaired) electrons. The van der Waals surface area contributed by atoms with Crippen LogP contribution in [0.2, 0.25) is 5.28 Å². The van der Waals surface area contributed by atoms with Gasteiger partial charge in [0.1, 0.15) is 11.4 Å². The summed E-state index contributed by atoms with van der Waals surface area (Å²) in [7, 11) is 0. The molecule has 2 aromatic rings. The van der Waals surface area contributed by atoms with Crippen molar-refractivity contribution in [3.8, 4) is 11.6 Å². The summed E-state index contributed by atoms with van der Waals surface area (Å²) in [5.74, 6) is 0.276. The third-order valence-corrected chi connectivity index (χ3v) is 2.31. The number of nitrogens with zero attached hydrogens (tertiary/aromatic N) is 3. The van der Waals surface area contributed by atoms with E-state index in [4.69, 9.17) is 16.3 Å². The predicted octanol–water partition coefficient (Wildman–Crippen LogP) is 3.14. The molecule has 92 valence electrons. The zero-order valence-corrected chi connectivity index (χ0v) is 10.1. The number of para-hydroxylation sites is 1. The van der Waals surface area contributed by atoms with Gasteiger partial charge in [-0.1, -0.05) is 18.2 Å². The van der Waals surface area contributed by atoms with Crippen LogP contribution in [0.3, 0.4) is 0 Å². The molecule has 0 aliphatic heterocycles. The zero-order chi connectivity index (χ0) is 13.1. The second-order valence-corrected chi connectivity index (χ2v) is 3.74. The fraction of sp³-hybridized carbons (Fsp3) is 0.0909. The second kappa shape index (κ2) is 4.97. The maximum absolute atomic E-state index is 10.9. The molecule has 0 atom stereocenters. The number of rotatable bonds is 3. The van der Waals surface area contributed by atoms with Crippen molar-refractivity contribution in [1.29, 1.82) is 0 Å². The molecule has 0 aliphatic rings. The van der Waals surface area contributed by atoms with Gasteiger partial charge in [0.2, 0.25) is 5.28 Å². The molecule has 18 heavy (non-hydrogen) atoms. The first kappa shape index (κ1) is 12.3. The Labute approximate surface area is 107 Å². The van der Waals surface area contributed by atoms with Gasteiger partial charge in [0.15, 0.2) is 0 Å². The van der Waals surface area contributed by atoms with Crippen LogP contribution in [-0.4, -0.2) is 14.9 Å². The Morgan fingerprint density at radius 3 is 2.56 bits per heavy atom. The number of halogens is 1. The highest BCUT2D eigenvalue weighted by Gasteiger charge is 2.23. The number of benzene rings is 1. The van der Waals surface area contributed by atoms with Gasteiger partial charge in [-0.2, -0.15) is 4.98 Å². The minimum Gasteiger partial charge on any atom is -0.434 e. The largest absolute Gasteiger partial charge is 0.434 e. The van der Waals surface area contributed by atoms with E-state index in [1.54, 1.807) is 30.3 Å². The van der Waals surface area contributed by atoms with Crippen LogP contribution < -0.4 is 4.74 Å². The highest BCUT2D eigenvalue weighted by Crippen LogP contribution is 2.32. The van der Waals surface area contributed by atoms with Crippen LogP contribution in [0.25, 0.3) is 0 Å². The van der Waals surface area contributed by atoms with E-state index in [2.05, 4.69) is 9.97 Å². The van der Waals surface area contributed by atoms with Gasteiger partial charge in [-0.25, -0.2) is 4.98 Å². The van der Waals surface area contributed by atoms with Gasteiger partial charge >= 0.3 is 11.6 Å². The molecule has 0 saturated heterocycles. The lowest BCUT2D eigenvalue weighted by Gasteiger charge is -2.06. The molecule has 0 unspecified atom stereocenters. The molecule has 7 heteroatoms. The Bertz CT molecular complexity index is 590. The summed E-state index contributed by atoms with van der Waals surface area (Å²) in [6.45, 7) is 1.48. The monoisotopic (exact) mass is 265 g/mol. The van der Waals surface area contributed by atoms with E-state index in [-0.39, 0.29) is 22.5 Å². The minimum absolute atomic E-state index is 0.0935. The van der Waals surface area contributed by atoms with Crippen molar-refractivity contribution in [3.05, 3.63) is 51.4 Å². The topological polar surface area (TPSA) is 78.2 Å². The molecule has 6 nitrogen and oxygen atoms in total. The molecular formula is C11H8ClN3O3. The molecule has 1 aromatic heterocycles. The van der Waals surface area contributed by atoms with Crippen molar-refractivity contribution < 1.29 is 9.66 Å². The van der Waals surface area contributed by atoms with Gasteiger partial charge in [0.25, 0.3) is 0 Å². The van der Waals surface area contributed by atoms with Gasteiger partial charge in [-0.3, -0.25) is 10.1 Å². The highest BCUT2D eigenvalue weighted by molar-refractivity contribution is 6.28. The summed E-state index contributed by atoms with van der Waals surface area (Å²) >= 11 is 5.67. The Hall–Kier alpha value is -2.21. The van der Waals surface area contributed by atoms with E-state index in [1.807, 2.05) is 0 Å². The maximum atomic E-state index is 10.9. The molecule has 2 rings (SSSR count). The molecule has 1 aromatic carbocycles. The fourth-order valence-corrected chi connectivity index (χ4v) is 1.59. The standard InChI is InChI=1S/C11H8ClN3O3/c1-7-9(15(16)17)10(14-11(12)13-7)18-8-5-3-2-4-6-8/h2-6H,1H3. The normalized spacial score (nSPS) is 10.1. The van der Waals surface area contributed by atoms with E-state index < -0.39 is 4.92 Å². The van der Waals surface area contributed by atoms with Crippen LogP contribution >= 0.6 is 11.6 Å². The van der Waals surface area contributed by atoms with Gasteiger partial charge in [-0.05, 0) is 30.7 Å². The highest BCUT2D eigenvalue weighted by atomic mass is 35.5. The van der Waals surface area contributed by atoms with Crippen molar-refractivity contribution >= 4 is 17.3 Å². The Kier molecular flexibility index (Phi) is 3.38. The van der Waals surface area contributed by atoms with Crippen LogP contribution in [0.5, 0.6) is 11.6 Å². The van der Waals surface area contributed by atoms with Crippen molar-refractivity contribution in [1.82, 2.24) is 9.97 Å².